The molecule has 0 saturated carbocycles. The molecule has 0 spiro atoms. The highest BCUT2D eigenvalue weighted by Gasteiger charge is 2.13. The molecule has 0 saturated heterocycles. The molecule has 0 unspecified atom stereocenters. The van der Waals surface area contributed by atoms with E-state index in [2.05, 4.69) is 18.3 Å². The van der Waals surface area contributed by atoms with Crippen LogP contribution in [0, 0.1) is 0 Å². The molecule has 0 atom stereocenters. The monoisotopic (exact) mass is 311 g/mol. The maximum Gasteiger partial charge on any atom is 0.166 e. The number of nitrogens with one attached hydrogen (secondary N) is 1. The van der Waals surface area contributed by atoms with Crippen molar-refractivity contribution >= 4 is 22.9 Å². The number of methoxy groups -OCH3 is 1. The Bertz CT molecular complexity index is 543. The molecule has 1 aromatic heterocycles. The van der Waals surface area contributed by atoms with Crippen molar-refractivity contribution in [2.45, 2.75) is 20.1 Å². The minimum absolute atomic E-state index is 0.536. The highest BCUT2D eigenvalue weighted by atomic mass is 35.5. The molecular weight excluding hydrogens is 294 g/mol. The van der Waals surface area contributed by atoms with Crippen LogP contribution in [0.4, 0.5) is 0 Å². The molecule has 108 valence electrons. The zero-order valence-corrected chi connectivity index (χ0v) is 13.2. The second kappa shape index (κ2) is 7.53. The summed E-state index contributed by atoms with van der Waals surface area (Å²) >= 11 is 7.79. The van der Waals surface area contributed by atoms with Crippen molar-refractivity contribution in [1.82, 2.24) is 5.32 Å². The van der Waals surface area contributed by atoms with Gasteiger partial charge in [-0.25, -0.2) is 0 Å². The molecule has 20 heavy (non-hydrogen) atoms. The van der Waals surface area contributed by atoms with Gasteiger partial charge in [-0.2, -0.15) is 0 Å². The lowest BCUT2D eigenvalue weighted by Crippen LogP contribution is -2.13. The van der Waals surface area contributed by atoms with Gasteiger partial charge in [-0.3, -0.25) is 0 Å². The number of halogens is 1. The van der Waals surface area contributed by atoms with E-state index in [0.717, 1.165) is 17.9 Å². The van der Waals surface area contributed by atoms with Crippen LogP contribution in [0.3, 0.4) is 0 Å². The molecule has 0 bridgehead atoms. The third-order valence-corrected chi connectivity index (χ3v) is 3.89. The van der Waals surface area contributed by atoms with Crippen LogP contribution in [0.15, 0.2) is 29.6 Å². The first-order chi connectivity index (χ1) is 9.74. The van der Waals surface area contributed by atoms with E-state index < -0.39 is 0 Å². The van der Waals surface area contributed by atoms with Gasteiger partial charge in [-0.1, -0.05) is 24.6 Å². The summed E-state index contributed by atoms with van der Waals surface area (Å²) in [4.78, 5) is 1.18. The molecule has 0 fully saturated rings. The molecular formula is C15H18ClNO2S. The Morgan fingerprint density at radius 2 is 2.20 bits per heavy atom. The Morgan fingerprint density at radius 1 is 1.35 bits per heavy atom. The predicted molar refractivity (Wildman–Crippen MR) is 84.0 cm³/mol. The predicted octanol–water partition coefficient (Wildman–Crippen LogP) is 4.10. The number of benzene rings is 1. The van der Waals surface area contributed by atoms with E-state index in [1.54, 1.807) is 24.5 Å². The summed E-state index contributed by atoms with van der Waals surface area (Å²) in [6.45, 7) is 4.19. The van der Waals surface area contributed by atoms with Crippen molar-refractivity contribution in [3.8, 4) is 11.5 Å². The average molecular weight is 312 g/mol. The van der Waals surface area contributed by atoms with Crippen LogP contribution in [0.25, 0.3) is 0 Å². The Hall–Kier alpha value is -1.23. The molecule has 1 heterocycles. The number of thiophene rings is 1. The van der Waals surface area contributed by atoms with Crippen molar-refractivity contribution in [3.05, 3.63) is 45.1 Å². The SMILES string of the molecule is CCNCc1cc(Cl)cc(OC)c1OCc1cccs1. The standard InChI is InChI=1S/C15H18ClNO2S/c1-3-17-9-11-7-12(16)8-14(18-2)15(11)19-10-13-5-4-6-20-13/h4-8,17H,3,9-10H2,1-2H3. The molecule has 2 aromatic rings. The zero-order valence-electron chi connectivity index (χ0n) is 11.6. The van der Waals surface area contributed by atoms with E-state index in [0.29, 0.717) is 23.9 Å². The van der Waals surface area contributed by atoms with Gasteiger partial charge < -0.3 is 14.8 Å². The summed E-state index contributed by atoms with van der Waals surface area (Å²) in [5.74, 6) is 1.42. The van der Waals surface area contributed by atoms with E-state index in [4.69, 9.17) is 21.1 Å². The molecule has 0 aliphatic carbocycles. The molecule has 1 N–H and O–H groups in total. The number of hydrogen-bond acceptors (Lipinski definition) is 4. The van der Waals surface area contributed by atoms with Crippen molar-refractivity contribution in [1.29, 1.82) is 0 Å². The lowest BCUT2D eigenvalue weighted by Gasteiger charge is -2.15. The lowest BCUT2D eigenvalue weighted by molar-refractivity contribution is 0.283. The topological polar surface area (TPSA) is 30.5 Å². The van der Waals surface area contributed by atoms with Gasteiger partial charge in [-0.05, 0) is 24.1 Å². The van der Waals surface area contributed by atoms with E-state index >= 15 is 0 Å². The van der Waals surface area contributed by atoms with Crippen LogP contribution in [0.5, 0.6) is 11.5 Å². The fraction of sp³-hybridized carbons (Fsp3) is 0.333. The molecule has 1 aromatic carbocycles. The zero-order chi connectivity index (χ0) is 14.4. The van der Waals surface area contributed by atoms with Crippen LogP contribution in [-0.4, -0.2) is 13.7 Å². The second-order valence-electron chi connectivity index (χ2n) is 4.24. The number of hydrogen-bond donors (Lipinski definition) is 1. The van der Waals surface area contributed by atoms with Crippen LogP contribution in [0.2, 0.25) is 5.02 Å². The lowest BCUT2D eigenvalue weighted by atomic mass is 10.2. The van der Waals surface area contributed by atoms with Gasteiger partial charge in [0.2, 0.25) is 0 Å². The third-order valence-electron chi connectivity index (χ3n) is 2.82. The normalized spacial score (nSPS) is 10.6. The minimum atomic E-state index is 0.536. The fourth-order valence-electron chi connectivity index (χ4n) is 1.87. The molecule has 0 aliphatic heterocycles. The van der Waals surface area contributed by atoms with Crippen molar-refractivity contribution in [2.75, 3.05) is 13.7 Å². The molecule has 2 rings (SSSR count). The Labute approximate surface area is 128 Å². The van der Waals surface area contributed by atoms with Gasteiger partial charge in [0.15, 0.2) is 11.5 Å². The third kappa shape index (κ3) is 3.88. The Balaban J connectivity index is 2.22. The number of rotatable bonds is 7. The Kier molecular flexibility index (Phi) is 5.71. The number of ether oxygens (including phenoxy) is 2. The van der Waals surface area contributed by atoms with Gasteiger partial charge in [-0.15, -0.1) is 11.3 Å². The van der Waals surface area contributed by atoms with Crippen LogP contribution >= 0.6 is 22.9 Å². The van der Waals surface area contributed by atoms with Crippen LogP contribution in [-0.2, 0) is 13.2 Å². The smallest absolute Gasteiger partial charge is 0.166 e. The summed E-state index contributed by atoms with van der Waals surface area (Å²) in [6, 6.07) is 7.76. The van der Waals surface area contributed by atoms with E-state index in [-0.39, 0.29) is 0 Å². The highest BCUT2D eigenvalue weighted by Crippen LogP contribution is 2.35. The van der Waals surface area contributed by atoms with E-state index in [9.17, 15) is 0 Å². The van der Waals surface area contributed by atoms with Crippen LogP contribution < -0.4 is 14.8 Å². The summed E-state index contributed by atoms with van der Waals surface area (Å²) in [5.41, 5.74) is 1.01. The minimum Gasteiger partial charge on any atom is -0.493 e. The molecule has 0 amide bonds. The van der Waals surface area contributed by atoms with E-state index in [1.807, 2.05) is 17.5 Å². The average Bonchev–Trinajstić information content (AvgIpc) is 2.96. The first-order valence-corrected chi connectivity index (χ1v) is 7.72. The maximum absolute atomic E-state index is 6.12. The molecule has 0 radical (unpaired) electrons. The Morgan fingerprint density at radius 3 is 2.85 bits per heavy atom. The van der Waals surface area contributed by atoms with Crippen molar-refractivity contribution < 1.29 is 9.47 Å². The summed E-state index contributed by atoms with van der Waals surface area (Å²) < 4.78 is 11.3. The summed E-state index contributed by atoms with van der Waals surface area (Å²) in [7, 11) is 1.63. The van der Waals surface area contributed by atoms with Crippen molar-refractivity contribution in [2.24, 2.45) is 0 Å². The highest BCUT2D eigenvalue weighted by molar-refractivity contribution is 7.09. The van der Waals surface area contributed by atoms with E-state index in [1.165, 1.54) is 4.88 Å². The van der Waals surface area contributed by atoms with Crippen LogP contribution in [0.1, 0.15) is 17.4 Å². The largest absolute Gasteiger partial charge is 0.493 e. The second-order valence-corrected chi connectivity index (χ2v) is 5.71. The fourth-order valence-corrected chi connectivity index (χ4v) is 2.71. The quantitative estimate of drug-likeness (QED) is 0.835. The summed E-state index contributed by atoms with van der Waals surface area (Å²) in [6.07, 6.45) is 0. The molecule has 5 heteroatoms. The molecule has 3 nitrogen and oxygen atoms in total. The van der Waals surface area contributed by atoms with Crippen molar-refractivity contribution in [3.63, 3.8) is 0 Å². The first kappa shape index (κ1) is 15.2. The maximum atomic E-state index is 6.12. The summed E-state index contributed by atoms with van der Waals surface area (Å²) in [5, 5.41) is 5.98. The van der Waals surface area contributed by atoms with Gasteiger partial charge in [0.25, 0.3) is 0 Å². The van der Waals surface area contributed by atoms with Gasteiger partial charge in [0.05, 0.1) is 7.11 Å². The first-order valence-electron chi connectivity index (χ1n) is 6.47. The van der Waals surface area contributed by atoms with Gasteiger partial charge >= 0.3 is 0 Å². The van der Waals surface area contributed by atoms with Gasteiger partial charge in [0.1, 0.15) is 6.61 Å². The molecule has 0 aliphatic rings. The van der Waals surface area contributed by atoms with Gasteiger partial charge in [0, 0.05) is 28.1 Å².